The molecule has 0 radical (unpaired) electrons. The molecular weight excluding hydrogens is 516 g/mol. The molecule has 5 rings (SSSR count). The summed E-state index contributed by atoms with van der Waals surface area (Å²) in [7, 11) is 0. The van der Waals surface area contributed by atoms with Gasteiger partial charge in [0.15, 0.2) is 0 Å². The topological polar surface area (TPSA) is 91.6 Å². The number of nitrogens with zero attached hydrogens (tertiary/aromatic N) is 4. The van der Waals surface area contributed by atoms with Crippen LogP contribution in [-0.4, -0.2) is 31.7 Å². The zero-order valence-corrected chi connectivity index (χ0v) is 23.7. The van der Waals surface area contributed by atoms with Crippen LogP contribution in [-0.2, 0) is 11.2 Å². The summed E-state index contributed by atoms with van der Waals surface area (Å²) < 4.78 is 14.5. The van der Waals surface area contributed by atoms with Gasteiger partial charge in [0.25, 0.3) is 5.56 Å². The lowest BCUT2D eigenvalue weighted by atomic mass is 9.96. The van der Waals surface area contributed by atoms with E-state index in [9.17, 15) is 9.59 Å². The zero-order valence-electron chi connectivity index (χ0n) is 22.9. The predicted molar refractivity (Wildman–Crippen MR) is 151 cm³/mol. The molecule has 0 aliphatic heterocycles. The molecule has 1 atom stereocenters. The van der Waals surface area contributed by atoms with E-state index in [2.05, 4.69) is 48.3 Å². The minimum Gasteiger partial charge on any atom is -0.462 e. The SMILES string of the molecule is CCOC(=O)c1c(C)oc2c1c(=O)n(-c1cc(Cl)ccc1C)c1nnc(C(C)c3ccc(CC(C)C)cc3)n21. The van der Waals surface area contributed by atoms with Gasteiger partial charge in [0.1, 0.15) is 22.5 Å². The summed E-state index contributed by atoms with van der Waals surface area (Å²) in [6.07, 6.45) is 0.997. The van der Waals surface area contributed by atoms with E-state index < -0.39 is 11.5 Å². The lowest BCUT2D eigenvalue weighted by Crippen LogP contribution is -2.24. The van der Waals surface area contributed by atoms with Crippen molar-refractivity contribution in [2.45, 2.75) is 53.9 Å². The lowest BCUT2D eigenvalue weighted by Gasteiger charge is -2.14. The number of aryl methyl sites for hydroxylation is 2. The highest BCUT2D eigenvalue weighted by molar-refractivity contribution is 6.30. The fourth-order valence-electron chi connectivity index (χ4n) is 5.05. The molecule has 0 N–H and O–H groups in total. The van der Waals surface area contributed by atoms with Crippen LogP contribution in [0.25, 0.3) is 22.6 Å². The van der Waals surface area contributed by atoms with Gasteiger partial charge in [-0.1, -0.05) is 62.7 Å². The van der Waals surface area contributed by atoms with E-state index >= 15 is 0 Å². The zero-order chi connectivity index (χ0) is 28.0. The van der Waals surface area contributed by atoms with Gasteiger partial charge in [-0.2, -0.15) is 0 Å². The summed E-state index contributed by atoms with van der Waals surface area (Å²) in [5.41, 5.74) is 3.48. The first-order valence-electron chi connectivity index (χ1n) is 13.1. The molecule has 8 nitrogen and oxygen atoms in total. The second kappa shape index (κ2) is 10.3. The normalized spacial score (nSPS) is 12.5. The summed E-state index contributed by atoms with van der Waals surface area (Å²) in [4.78, 5) is 27.1. The predicted octanol–water partition coefficient (Wildman–Crippen LogP) is 6.42. The third kappa shape index (κ3) is 4.63. The summed E-state index contributed by atoms with van der Waals surface area (Å²) in [5, 5.41) is 9.57. The molecule has 0 bridgehead atoms. The number of aromatic nitrogens is 4. The van der Waals surface area contributed by atoms with Crippen LogP contribution in [0.1, 0.15) is 72.2 Å². The number of benzene rings is 2. The van der Waals surface area contributed by atoms with Crippen LogP contribution < -0.4 is 5.56 Å². The number of esters is 1. The molecule has 0 saturated heterocycles. The third-order valence-corrected chi connectivity index (χ3v) is 7.19. The first-order valence-corrected chi connectivity index (χ1v) is 13.5. The summed E-state index contributed by atoms with van der Waals surface area (Å²) in [6.45, 7) is 11.8. The number of ether oxygens (including phenoxy) is 1. The molecule has 0 saturated carbocycles. The van der Waals surface area contributed by atoms with Crippen molar-refractivity contribution in [1.29, 1.82) is 0 Å². The van der Waals surface area contributed by atoms with Gasteiger partial charge in [-0.05, 0) is 61.9 Å². The van der Waals surface area contributed by atoms with Crippen molar-refractivity contribution in [1.82, 2.24) is 19.2 Å². The maximum atomic E-state index is 14.1. The number of halogens is 1. The number of carbonyl (C=O) groups is 1. The molecule has 39 heavy (non-hydrogen) atoms. The van der Waals surface area contributed by atoms with Crippen molar-refractivity contribution in [2.75, 3.05) is 6.61 Å². The molecule has 0 amide bonds. The number of hydrogen-bond acceptors (Lipinski definition) is 6. The molecule has 1 unspecified atom stereocenters. The van der Waals surface area contributed by atoms with Crippen molar-refractivity contribution in [3.8, 4) is 5.69 Å². The Labute approximate surface area is 231 Å². The fourth-order valence-corrected chi connectivity index (χ4v) is 5.22. The van der Waals surface area contributed by atoms with Crippen molar-refractivity contribution in [3.05, 3.63) is 91.7 Å². The van der Waals surface area contributed by atoms with Gasteiger partial charge in [0.05, 0.1) is 12.3 Å². The number of carbonyl (C=O) groups excluding carboxylic acids is 1. The highest BCUT2D eigenvalue weighted by atomic mass is 35.5. The molecule has 3 heterocycles. The maximum Gasteiger partial charge on any atom is 0.342 e. The number of hydrogen-bond donors (Lipinski definition) is 0. The second-order valence-corrected chi connectivity index (χ2v) is 10.7. The quantitative estimate of drug-likeness (QED) is 0.219. The Kier molecular flexibility index (Phi) is 7.07. The van der Waals surface area contributed by atoms with Crippen LogP contribution in [0.3, 0.4) is 0 Å². The van der Waals surface area contributed by atoms with Crippen LogP contribution in [0.15, 0.2) is 51.7 Å². The minimum absolute atomic E-state index is 0.0949. The van der Waals surface area contributed by atoms with Crippen LogP contribution in [0.2, 0.25) is 5.02 Å². The van der Waals surface area contributed by atoms with Gasteiger partial charge >= 0.3 is 5.97 Å². The van der Waals surface area contributed by atoms with Crippen LogP contribution in [0, 0.1) is 19.8 Å². The minimum atomic E-state index is -0.622. The van der Waals surface area contributed by atoms with E-state index in [-0.39, 0.29) is 40.7 Å². The van der Waals surface area contributed by atoms with Crippen molar-refractivity contribution in [3.63, 3.8) is 0 Å². The molecule has 3 aromatic heterocycles. The van der Waals surface area contributed by atoms with E-state index in [1.165, 1.54) is 10.1 Å². The first kappa shape index (κ1) is 26.7. The third-order valence-electron chi connectivity index (χ3n) is 6.96. The first-order chi connectivity index (χ1) is 18.6. The largest absolute Gasteiger partial charge is 0.462 e. The number of furan rings is 1. The van der Waals surface area contributed by atoms with E-state index in [0.717, 1.165) is 17.5 Å². The summed E-state index contributed by atoms with van der Waals surface area (Å²) in [6, 6.07) is 13.7. The molecule has 0 spiro atoms. The Bertz CT molecular complexity index is 1760. The second-order valence-electron chi connectivity index (χ2n) is 10.3. The molecule has 9 heteroatoms. The Morgan fingerprint density at radius 2 is 1.79 bits per heavy atom. The average Bonchev–Trinajstić information content (AvgIpc) is 3.47. The summed E-state index contributed by atoms with van der Waals surface area (Å²) in [5.74, 6) is 0.865. The van der Waals surface area contributed by atoms with Crippen LogP contribution >= 0.6 is 11.6 Å². The van der Waals surface area contributed by atoms with E-state index in [1.807, 2.05) is 19.9 Å². The molecule has 0 fully saturated rings. The van der Waals surface area contributed by atoms with Crippen molar-refractivity contribution >= 4 is 34.4 Å². The van der Waals surface area contributed by atoms with Gasteiger partial charge in [0.2, 0.25) is 11.5 Å². The van der Waals surface area contributed by atoms with E-state index in [4.69, 9.17) is 20.8 Å². The Hall–Kier alpha value is -3.91. The summed E-state index contributed by atoms with van der Waals surface area (Å²) >= 11 is 6.34. The van der Waals surface area contributed by atoms with E-state index in [0.29, 0.717) is 22.5 Å². The highest BCUT2D eigenvalue weighted by Crippen LogP contribution is 2.31. The van der Waals surface area contributed by atoms with Gasteiger partial charge in [-0.25, -0.2) is 13.8 Å². The van der Waals surface area contributed by atoms with Gasteiger partial charge < -0.3 is 9.15 Å². The van der Waals surface area contributed by atoms with Crippen LogP contribution in [0.5, 0.6) is 0 Å². The average molecular weight is 547 g/mol. The van der Waals surface area contributed by atoms with Gasteiger partial charge in [0, 0.05) is 10.9 Å². The lowest BCUT2D eigenvalue weighted by molar-refractivity contribution is 0.0526. The fraction of sp³-hybridized carbons (Fsp3) is 0.333. The highest BCUT2D eigenvalue weighted by Gasteiger charge is 2.30. The Balaban J connectivity index is 1.82. The Morgan fingerprint density at radius 1 is 1.08 bits per heavy atom. The number of fused-ring (bicyclic) bond motifs is 3. The molecular formula is C30H31ClN4O4. The molecule has 202 valence electrons. The maximum absolute atomic E-state index is 14.1. The van der Waals surface area contributed by atoms with Gasteiger partial charge in [-0.15, -0.1) is 10.2 Å². The molecule has 0 aliphatic carbocycles. The molecule has 5 aromatic rings. The van der Waals surface area contributed by atoms with Gasteiger partial charge in [-0.3, -0.25) is 4.79 Å². The monoisotopic (exact) mass is 546 g/mol. The van der Waals surface area contributed by atoms with E-state index in [1.54, 1.807) is 30.4 Å². The number of rotatable bonds is 7. The molecule has 0 aliphatic rings. The van der Waals surface area contributed by atoms with Crippen LogP contribution in [0.4, 0.5) is 0 Å². The standard InChI is InChI=1S/C30H31ClN4O4/c1-7-38-29(37)24-19(6)39-28-25(24)27(36)34(23-15-22(31)13-8-17(23)4)30-33-32-26(35(28)30)18(5)21-11-9-20(10-12-21)14-16(2)3/h8-13,15-16,18H,7,14H2,1-6H3. The smallest absolute Gasteiger partial charge is 0.342 e. The Morgan fingerprint density at radius 3 is 2.46 bits per heavy atom. The van der Waals surface area contributed by atoms with Crippen molar-refractivity contribution in [2.24, 2.45) is 5.92 Å². The molecule has 2 aromatic carbocycles. The van der Waals surface area contributed by atoms with Crippen molar-refractivity contribution < 1.29 is 13.9 Å².